The molecular weight excluding hydrogens is 204 g/mol. The van der Waals surface area contributed by atoms with Crippen LogP contribution < -0.4 is 5.73 Å². The fourth-order valence-corrected chi connectivity index (χ4v) is 1.21. The smallest absolute Gasteiger partial charge is 0.248 e. The van der Waals surface area contributed by atoms with Gasteiger partial charge in [-0.2, -0.15) is 0 Å². The van der Waals surface area contributed by atoms with Gasteiger partial charge in [0.1, 0.15) is 5.76 Å². The maximum absolute atomic E-state index is 10.8. The summed E-state index contributed by atoms with van der Waals surface area (Å²) in [6.45, 7) is 0. The molecule has 0 bridgehead atoms. The Morgan fingerprint density at radius 3 is 2.56 bits per heavy atom. The van der Waals surface area contributed by atoms with E-state index in [1.807, 2.05) is 0 Å². The number of primary amides is 1. The lowest BCUT2D eigenvalue weighted by Crippen LogP contribution is -2.10. The van der Waals surface area contributed by atoms with Crippen LogP contribution in [0.5, 0.6) is 0 Å². The number of nitrogens with two attached hydrogens (primary N) is 1. The summed E-state index contributed by atoms with van der Waals surface area (Å²) in [5.74, 6) is 0.237. The van der Waals surface area contributed by atoms with Crippen LogP contribution >= 0.6 is 0 Å². The quantitative estimate of drug-likeness (QED) is 0.795. The zero-order chi connectivity index (χ0) is 11.4. The largest absolute Gasteiger partial charge is 0.463 e. The van der Waals surface area contributed by atoms with Crippen molar-refractivity contribution in [3.63, 3.8) is 0 Å². The highest BCUT2D eigenvalue weighted by molar-refractivity contribution is 5.93. The van der Waals surface area contributed by atoms with Gasteiger partial charge in [-0.1, -0.05) is 0 Å². The van der Waals surface area contributed by atoms with E-state index in [9.17, 15) is 4.79 Å². The third-order valence-corrected chi connectivity index (χ3v) is 2.04. The van der Waals surface area contributed by atoms with Gasteiger partial charge in [0.05, 0.1) is 18.2 Å². The number of furan rings is 1. The molecule has 2 N–H and O–H groups in total. The molecule has 0 aliphatic carbocycles. The van der Waals surface area contributed by atoms with E-state index in [2.05, 4.69) is 4.99 Å². The van der Waals surface area contributed by atoms with Crippen molar-refractivity contribution in [2.24, 2.45) is 10.7 Å². The van der Waals surface area contributed by atoms with Gasteiger partial charge in [-0.25, -0.2) is 0 Å². The Kier molecular flexibility index (Phi) is 2.82. The minimum absolute atomic E-state index is 0.443. The van der Waals surface area contributed by atoms with Crippen LogP contribution in [0, 0.1) is 0 Å². The third-order valence-electron chi connectivity index (χ3n) is 2.04. The Balaban J connectivity index is 2.14. The molecule has 0 unspecified atom stereocenters. The van der Waals surface area contributed by atoms with E-state index in [-0.39, 0.29) is 0 Å². The Hall–Kier alpha value is -2.36. The summed E-state index contributed by atoms with van der Waals surface area (Å²) in [4.78, 5) is 15.0. The molecular formula is C12H10N2O2. The van der Waals surface area contributed by atoms with E-state index in [0.717, 1.165) is 5.69 Å². The summed E-state index contributed by atoms with van der Waals surface area (Å²) in [6.07, 6.45) is 3.19. The maximum atomic E-state index is 10.8. The molecule has 80 valence electrons. The first-order chi connectivity index (χ1) is 7.75. The van der Waals surface area contributed by atoms with Gasteiger partial charge >= 0.3 is 0 Å². The number of rotatable bonds is 3. The normalized spacial score (nSPS) is 10.8. The Morgan fingerprint density at radius 2 is 2.00 bits per heavy atom. The average molecular weight is 214 g/mol. The SMILES string of the molecule is NC(=O)c1ccc(N=Cc2ccco2)cc1. The van der Waals surface area contributed by atoms with Crippen molar-refractivity contribution in [2.75, 3.05) is 0 Å². The van der Waals surface area contributed by atoms with Crippen molar-refractivity contribution in [1.29, 1.82) is 0 Å². The molecule has 1 heterocycles. The number of carbonyl (C=O) groups excluding carboxylic acids is 1. The van der Waals surface area contributed by atoms with Crippen LogP contribution in [0.4, 0.5) is 5.69 Å². The molecule has 0 fully saturated rings. The molecule has 0 aliphatic heterocycles. The zero-order valence-corrected chi connectivity index (χ0v) is 8.46. The fraction of sp³-hybridized carbons (Fsp3) is 0. The van der Waals surface area contributed by atoms with Crippen LogP contribution in [-0.2, 0) is 0 Å². The van der Waals surface area contributed by atoms with Crippen LogP contribution in [0.3, 0.4) is 0 Å². The summed E-state index contributed by atoms with van der Waals surface area (Å²) in [5, 5.41) is 0. The second kappa shape index (κ2) is 4.44. The highest BCUT2D eigenvalue weighted by atomic mass is 16.3. The molecule has 2 aromatic rings. The molecule has 0 spiro atoms. The number of hydrogen-bond donors (Lipinski definition) is 1. The Labute approximate surface area is 92.4 Å². The van der Waals surface area contributed by atoms with Crippen LogP contribution in [0.25, 0.3) is 0 Å². The summed E-state index contributed by atoms with van der Waals surface area (Å²) >= 11 is 0. The number of amides is 1. The first-order valence-electron chi connectivity index (χ1n) is 4.73. The topological polar surface area (TPSA) is 68.6 Å². The van der Waals surface area contributed by atoms with Gasteiger partial charge in [0.2, 0.25) is 5.91 Å². The first kappa shape index (κ1) is 10.2. The van der Waals surface area contributed by atoms with Gasteiger partial charge < -0.3 is 10.2 Å². The van der Waals surface area contributed by atoms with Crippen LogP contribution in [-0.4, -0.2) is 12.1 Å². The molecule has 2 rings (SSSR count). The summed E-state index contributed by atoms with van der Waals surface area (Å²) in [5.41, 5.74) is 6.33. The van der Waals surface area contributed by atoms with Gasteiger partial charge in [0.25, 0.3) is 0 Å². The number of hydrogen-bond acceptors (Lipinski definition) is 3. The standard InChI is InChI=1S/C12H10N2O2/c13-12(15)9-3-5-10(6-4-9)14-8-11-2-1-7-16-11/h1-8H,(H2,13,15). The van der Waals surface area contributed by atoms with Crippen molar-refractivity contribution >= 4 is 17.8 Å². The predicted octanol–water partition coefficient (Wildman–Crippen LogP) is 2.13. The number of carbonyl (C=O) groups is 1. The molecule has 1 aromatic heterocycles. The minimum atomic E-state index is -0.443. The van der Waals surface area contributed by atoms with Gasteiger partial charge in [-0.05, 0) is 36.4 Å². The van der Waals surface area contributed by atoms with Crippen molar-refractivity contribution in [2.45, 2.75) is 0 Å². The molecule has 4 nitrogen and oxygen atoms in total. The Bertz CT molecular complexity index is 498. The number of benzene rings is 1. The van der Waals surface area contributed by atoms with Crippen molar-refractivity contribution < 1.29 is 9.21 Å². The van der Waals surface area contributed by atoms with Gasteiger partial charge in [-0.15, -0.1) is 0 Å². The van der Waals surface area contributed by atoms with Crippen molar-refractivity contribution in [3.8, 4) is 0 Å². The first-order valence-corrected chi connectivity index (χ1v) is 4.73. The van der Waals surface area contributed by atoms with Crippen LogP contribution in [0.1, 0.15) is 16.1 Å². The third kappa shape index (κ3) is 2.36. The van der Waals surface area contributed by atoms with Crippen LogP contribution in [0.15, 0.2) is 52.1 Å². The molecule has 1 aromatic carbocycles. The average Bonchev–Trinajstić information content (AvgIpc) is 2.80. The van der Waals surface area contributed by atoms with E-state index in [4.69, 9.17) is 10.2 Å². The molecule has 0 atom stereocenters. The van der Waals surface area contributed by atoms with Gasteiger partial charge in [0.15, 0.2) is 0 Å². The molecule has 0 saturated carbocycles. The number of aliphatic imine (C=N–C) groups is 1. The van der Waals surface area contributed by atoms with Crippen LogP contribution in [0.2, 0.25) is 0 Å². The van der Waals surface area contributed by atoms with Crippen molar-refractivity contribution in [3.05, 3.63) is 54.0 Å². The Morgan fingerprint density at radius 1 is 1.25 bits per heavy atom. The lowest BCUT2D eigenvalue weighted by atomic mass is 10.2. The molecule has 0 saturated heterocycles. The minimum Gasteiger partial charge on any atom is -0.463 e. The van der Waals surface area contributed by atoms with E-state index < -0.39 is 5.91 Å². The maximum Gasteiger partial charge on any atom is 0.248 e. The molecule has 1 amide bonds. The monoisotopic (exact) mass is 214 g/mol. The lowest BCUT2D eigenvalue weighted by Gasteiger charge is -1.95. The van der Waals surface area contributed by atoms with E-state index in [1.54, 1.807) is 48.9 Å². The van der Waals surface area contributed by atoms with Crippen molar-refractivity contribution in [1.82, 2.24) is 0 Å². The lowest BCUT2D eigenvalue weighted by molar-refractivity contribution is 0.100. The highest BCUT2D eigenvalue weighted by Crippen LogP contribution is 2.12. The second-order valence-corrected chi connectivity index (χ2v) is 3.18. The van der Waals surface area contributed by atoms with E-state index in [0.29, 0.717) is 11.3 Å². The van der Waals surface area contributed by atoms with E-state index in [1.165, 1.54) is 0 Å². The summed E-state index contributed by atoms with van der Waals surface area (Å²) in [6, 6.07) is 10.3. The fourth-order valence-electron chi connectivity index (χ4n) is 1.21. The van der Waals surface area contributed by atoms with Gasteiger partial charge in [-0.3, -0.25) is 9.79 Å². The molecule has 4 heteroatoms. The molecule has 0 aliphatic rings. The number of nitrogens with zero attached hydrogens (tertiary/aromatic N) is 1. The summed E-state index contributed by atoms with van der Waals surface area (Å²) in [7, 11) is 0. The molecule has 16 heavy (non-hydrogen) atoms. The highest BCUT2D eigenvalue weighted by Gasteiger charge is 1.98. The van der Waals surface area contributed by atoms with Gasteiger partial charge in [0, 0.05) is 5.56 Å². The zero-order valence-electron chi connectivity index (χ0n) is 8.46. The van der Waals surface area contributed by atoms with E-state index >= 15 is 0 Å². The summed E-state index contributed by atoms with van der Waals surface area (Å²) < 4.78 is 5.09. The second-order valence-electron chi connectivity index (χ2n) is 3.18. The predicted molar refractivity (Wildman–Crippen MR) is 60.9 cm³/mol. The molecule has 0 radical (unpaired) electrons.